The molecule has 1 saturated heterocycles. The van der Waals surface area contributed by atoms with E-state index < -0.39 is 5.60 Å². The first-order chi connectivity index (χ1) is 13.3. The molecule has 0 bridgehead atoms. The third-order valence-corrected chi connectivity index (χ3v) is 5.02. The van der Waals surface area contributed by atoms with E-state index >= 15 is 0 Å². The summed E-state index contributed by atoms with van der Waals surface area (Å²) in [7, 11) is 0. The first kappa shape index (κ1) is 20.1. The van der Waals surface area contributed by atoms with E-state index in [1.807, 2.05) is 50.4 Å². The number of ether oxygens (including phenoxy) is 2. The maximum absolute atomic E-state index is 12.0. The average Bonchev–Trinajstić information content (AvgIpc) is 3.04. The van der Waals surface area contributed by atoms with E-state index in [9.17, 15) is 4.79 Å². The van der Waals surface area contributed by atoms with Crippen LogP contribution in [0, 0.1) is 0 Å². The largest absolute Gasteiger partial charge is 0.487 e. The zero-order valence-electron chi connectivity index (χ0n) is 16.2. The number of hydrogen-bond donors (Lipinski definition) is 2. The fraction of sp³-hybridized carbons (Fsp3) is 0.421. The molecule has 28 heavy (non-hydrogen) atoms. The highest BCUT2D eigenvalue weighted by Crippen LogP contribution is 2.31. The van der Waals surface area contributed by atoms with Crippen LogP contribution in [-0.2, 0) is 11.3 Å². The molecule has 9 heteroatoms. The molecular weight excluding hydrogens is 378 g/mol. The summed E-state index contributed by atoms with van der Waals surface area (Å²) < 4.78 is 11.2. The van der Waals surface area contributed by atoms with Gasteiger partial charge in [0.25, 0.3) is 0 Å². The molecule has 0 spiro atoms. The topological polar surface area (TPSA) is 102 Å². The first-order valence-corrected chi connectivity index (χ1v) is 9.86. The van der Waals surface area contributed by atoms with Crippen molar-refractivity contribution in [2.45, 2.75) is 38.9 Å². The lowest BCUT2D eigenvalue weighted by molar-refractivity contribution is 0.00816. The van der Waals surface area contributed by atoms with Gasteiger partial charge in [0.2, 0.25) is 0 Å². The van der Waals surface area contributed by atoms with Crippen LogP contribution < -0.4 is 16.0 Å². The van der Waals surface area contributed by atoms with Crippen molar-refractivity contribution < 1.29 is 14.3 Å². The number of nitrogens with zero attached hydrogens (tertiary/aromatic N) is 3. The number of nitrogens with two attached hydrogens (primary N) is 1. The summed E-state index contributed by atoms with van der Waals surface area (Å²) in [6.45, 7) is 7.28. The van der Waals surface area contributed by atoms with Crippen LogP contribution in [0.3, 0.4) is 0 Å². The Morgan fingerprint density at radius 1 is 1.39 bits per heavy atom. The zero-order chi connectivity index (χ0) is 20.1. The molecule has 150 valence electrons. The number of amides is 1. The third kappa shape index (κ3) is 5.43. The van der Waals surface area contributed by atoms with E-state index in [0.29, 0.717) is 19.7 Å². The van der Waals surface area contributed by atoms with Crippen LogP contribution in [-0.4, -0.2) is 41.0 Å². The van der Waals surface area contributed by atoms with Crippen LogP contribution in [0.1, 0.15) is 37.4 Å². The molecule has 8 nitrogen and oxygen atoms in total. The van der Waals surface area contributed by atoms with Gasteiger partial charge in [-0.1, -0.05) is 0 Å². The molecule has 1 aromatic heterocycles. The van der Waals surface area contributed by atoms with Crippen LogP contribution in [0.5, 0.6) is 5.75 Å². The van der Waals surface area contributed by atoms with Gasteiger partial charge in [-0.15, -0.1) is 11.3 Å². The molecule has 1 fully saturated rings. The highest BCUT2D eigenvalue weighted by molar-refractivity contribution is 7.09. The summed E-state index contributed by atoms with van der Waals surface area (Å²) in [6, 6.07) is 7.38. The molecule has 3 N–H and O–H groups in total. The number of hydrazine groups is 1. The predicted molar refractivity (Wildman–Crippen MR) is 109 cm³/mol. The van der Waals surface area contributed by atoms with Crippen molar-refractivity contribution >= 4 is 29.5 Å². The Morgan fingerprint density at radius 2 is 2.11 bits per heavy atom. The second-order valence-corrected chi connectivity index (χ2v) is 8.36. The summed E-state index contributed by atoms with van der Waals surface area (Å²) in [4.78, 5) is 22.5. The summed E-state index contributed by atoms with van der Waals surface area (Å²) in [6.07, 6.45) is 1.15. The number of likely N-dealkylation sites (tertiary alicyclic amines) is 1. The van der Waals surface area contributed by atoms with Crippen molar-refractivity contribution in [1.29, 1.82) is 0 Å². The van der Waals surface area contributed by atoms with Gasteiger partial charge in [-0.2, -0.15) is 0 Å². The Kier molecular flexibility index (Phi) is 6.15. The van der Waals surface area contributed by atoms with Crippen molar-refractivity contribution in [1.82, 2.24) is 15.3 Å². The van der Waals surface area contributed by atoms with Gasteiger partial charge in [-0.25, -0.2) is 20.6 Å². The highest BCUT2D eigenvalue weighted by Gasteiger charge is 2.36. The molecule has 2 aromatic rings. The summed E-state index contributed by atoms with van der Waals surface area (Å²) in [5.41, 5.74) is 3.54. The van der Waals surface area contributed by atoms with E-state index in [1.54, 1.807) is 16.2 Å². The number of thiazole rings is 1. The Balaban J connectivity index is 1.46. The van der Waals surface area contributed by atoms with Crippen molar-refractivity contribution in [3.63, 3.8) is 0 Å². The van der Waals surface area contributed by atoms with Gasteiger partial charge in [-0.05, 0) is 45.0 Å². The molecule has 1 aliphatic rings. The van der Waals surface area contributed by atoms with E-state index in [2.05, 4.69) is 15.4 Å². The SMILES string of the molecule is CC(C)(C)OC(=O)N1CC(c2nc(COc3ccc(N=CNN)cc3)cs2)C1. The Morgan fingerprint density at radius 3 is 2.75 bits per heavy atom. The summed E-state index contributed by atoms with van der Waals surface area (Å²) >= 11 is 1.60. The minimum absolute atomic E-state index is 0.263. The number of carbonyl (C=O) groups excluding carboxylic acids is 1. The van der Waals surface area contributed by atoms with Crippen LogP contribution in [0.25, 0.3) is 0 Å². The zero-order valence-corrected chi connectivity index (χ0v) is 17.0. The molecule has 0 radical (unpaired) electrons. The normalized spacial score (nSPS) is 14.8. The van der Waals surface area contributed by atoms with Crippen LogP contribution in [0.2, 0.25) is 0 Å². The monoisotopic (exact) mass is 403 g/mol. The van der Waals surface area contributed by atoms with Gasteiger partial charge in [0.1, 0.15) is 24.3 Å². The average molecular weight is 404 g/mol. The molecule has 1 aliphatic heterocycles. The highest BCUT2D eigenvalue weighted by atomic mass is 32.1. The molecule has 1 amide bonds. The predicted octanol–water partition coefficient (Wildman–Crippen LogP) is 3.18. The van der Waals surface area contributed by atoms with Crippen molar-refractivity contribution in [3.8, 4) is 5.75 Å². The lowest BCUT2D eigenvalue weighted by atomic mass is 10.0. The lowest BCUT2D eigenvalue weighted by Gasteiger charge is -2.38. The molecule has 1 aromatic carbocycles. The second-order valence-electron chi connectivity index (χ2n) is 7.47. The number of benzene rings is 1. The molecule has 0 saturated carbocycles. The number of rotatable bonds is 6. The summed E-state index contributed by atoms with van der Waals surface area (Å²) in [5.74, 6) is 6.15. The number of aliphatic imine (C=N–C) groups is 1. The Hall–Kier alpha value is -2.65. The van der Waals surface area contributed by atoms with Gasteiger partial charge >= 0.3 is 6.09 Å². The number of nitrogens with one attached hydrogen (secondary N) is 1. The fourth-order valence-corrected chi connectivity index (χ4v) is 3.47. The van der Waals surface area contributed by atoms with Crippen LogP contribution >= 0.6 is 11.3 Å². The van der Waals surface area contributed by atoms with Gasteiger partial charge in [0, 0.05) is 24.4 Å². The van der Waals surface area contributed by atoms with Crippen molar-refractivity contribution in [3.05, 3.63) is 40.3 Å². The van der Waals surface area contributed by atoms with E-state index in [4.69, 9.17) is 15.3 Å². The molecule has 0 aliphatic carbocycles. The van der Waals surface area contributed by atoms with E-state index in [-0.39, 0.29) is 12.0 Å². The van der Waals surface area contributed by atoms with E-state index in [1.165, 1.54) is 6.34 Å². The van der Waals surface area contributed by atoms with Gasteiger partial charge in [0.15, 0.2) is 0 Å². The van der Waals surface area contributed by atoms with E-state index in [0.717, 1.165) is 22.1 Å². The lowest BCUT2D eigenvalue weighted by Crippen LogP contribution is -2.50. The minimum atomic E-state index is -0.473. The van der Waals surface area contributed by atoms with Gasteiger partial charge in [-0.3, -0.25) is 0 Å². The third-order valence-electron chi connectivity index (χ3n) is 3.96. The number of carbonyl (C=O) groups is 1. The minimum Gasteiger partial charge on any atom is -0.487 e. The van der Waals surface area contributed by atoms with Crippen LogP contribution in [0.4, 0.5) is 10.5 Å². The summed E-state index contributed by atoms with van der Waals surface area (Å²) in [5, 5.41) is 3.02. The Labute approximate surface area is 168 Å². The number of hydrogen-bond acceptors (Lipinski definition) is 7. The quantitative estimate of drug-likeness (QED) is 0.332. The maximum atomic E-state index is 12.0. The van der Waals surface area contributed by atoms with Gasteiger partial charge < -0.3 is 19.8 Å². The standard InChI is InChI=1S/C19H25N5O3S/c1-19(2,3)27-18(25)24-8-13(9-24)17-23-15(11-28-17)10-26-16-6-4-14(5-7-16)21-12-22-20/h4-7,11-13H,8-10,20H2,1-3H3,(H,21,22). The molecular formula is C19H25N5O3S. The van der Waals surface area contributed by atoms with Crippen molar-refractivity contribution in [2.75, 3.05) is 13.1 Å². The molecule has 0 atom stereocenters. The van der Waals surface area contributed by atoms with Crippen molar-refractivity contribution in [2.24, 2.45) is 10.8 Å². The van der Waals surface area contributed by atoms with Gasteiger partial charge in [0.05, 0.1) is 16.4 Å². The first-order valence-electron chi connectivity index (χ1n) is 8.98. The molecule has 3 rings (SSSR count). The second kappa shape index (κ2) is 8.57. The molecule has 0 unspecified atom stereocenters. The smallest absolute Gasteiger partial charge is 0.410 e. The fourth-order valence-electron chi connectivity index (χ4n) is 2.58. The van der Waals surface area contributed by atoms with Crippen LogP contribution in [0.15, 0.2) is 34.6 Å². The molecule has 2 heterocycles. The number of aromatic nitrogens is 1. The maximum Gasteiger partial charge on any atom is 0.410 e. The Bertz CT molecular complexity index is 823.